The topological polar surface area (TPSA) is 104 Å². The van der Waals surface area contributed by atoms with Crippen LogP contribution in [0.25, 0.3) is 10.9 Å². The zero-order valence-electron chi connectivity index (χ0n) is 17.5. The Morgan fingerprint density at radius 2 is 1.68 bits per heavy atom. The van der Waals surface area contributed by atoms with Gasteiger partial charge in [0.1, 0.15) is 11.4 Å². The number of halogens is 1. The van der Waals surface area contributed by atoms with E-state index < -0.39 is 26.1 Å². The predicted molar refractivity (Wildman–Crippen MR) is 126 cm³/mol. The average molecular weight is 497 g/mol. The summed E-state index contributed by atoms with van der Waals surface area (Å²) in [5.41, 5.74) is 0.175. The largest absolute Gasteiger partial charge is 0.454 e. The summed E-state index contributed by atoms with van der Waals surface area (Å²) in [5, 5.41) is 3.36. The SMILES string of the molecule is O=C(Cn1cc(S(=O)(=O)c2ccccc2)c(=O)c2cc3c(cc21)OCO3)Nc1ccc(Cl)cc1. The zero-order chi connectivity index (χ0) is 23.9. The van der Waals surface area contributed by atoms with Gasteiger partial charge in [-0.15, -0.1) is 0 Å². The normalized spacial score (nSPS) is 12.6. The van der Waals surface area contributed by atoms with Crippen LogP contribution in [0.4, 0.5) is 5.69 Å². The van der Waals surface area contributed by atoms with E-state index in [4.69, 9.17) is 21.1 Å². The van der Waals surface area contributed by atoms with Gasteiger partial charge in [0.05, 0.1) is 15.8 Å². The number of rotatable bonds is 5. The number of ether oxygens (including phenoxy) is 2. The van der Waals surface area contributed by atoms with Crippen molar-refractivity contribution in [2.45, 2.75) is 16.3 Å². The number of carbonyl (C=O) groups excluding carboxylic acids is 1. The molecule has 0 radical (unpaired) electrons. The van der Waals surface area contributed by atoms with E-state index in [0.717, 1.165) is 0 Å². The quantitative estimate of drug-likeness (QED) is 0.450. The van der Waals surface area contributed by atoms with Gasteiger partial charge in [-0.2, -0.15) is 0 Å². The van der Waals surface area contributed by atoms with Crippen LogP contribution in [0.2, 0.25) is 5.02 Å². The Hall–Kier alpha value is -3.82. The molecule has 0 spiro atoms. The number of hydrogen-bond donors (Lipinski definition) is 1. The van der Waals surface area contributed by atoms with Crippen LogP contribution in [0, 0.1) is 0 Å². The van der Waals surface area contributed by atoms with E-state index >= 15 is 0 Å². The van der Waals surface area contributed by atoms with Gasteiger partial charge in [0.15, 0.2) is 11.5 Å². The van der Waals surface area contributed by atoms with Crippen molar-refractivity contribution < 1.29 is 22.7 Å². The second kappa shape index (κ2) is 8.51. The first-order valence-corrected chi connectivity index (χ1v) is 12.0. The molecule has 8 nitrogen and oxygen atoms in total. The Morgan fingerprint density at radius 3 is 2.38 bits per heavy atom. The van der Waals surface area contributed by atoms with Crippen LogP contribution in [0.1, 0.15) is 0 Å². The lowest BCUT2D eigenvalue weighted by molar-refractivity contribution is -0.116. The van der Waals surface area contributed by atoms with Crippen LogP contribution in [0.15, 0.2) is 87.5 Å². The fourth-order valence-electron chi connectivity index (χ4n) is 3.69. The third kappa shape index (κ3) is 4.00. The molecule has 172 valence electrons. The summed E-state index contributed by atoms with van der Waals surface area (Å²) in [6, 6.07) is 17.2. The van der Waals surface area contributed by atoms with E-state index in [-0.39, 0.29) is 23.6 Å². The summed E-state index contributed by atoms with van der Waals surface area (Å²) < 4.78 is 38.8. The number of nitrogens with zero attached hydrogens (tertiary/aromatic N) is 1. The summed E-state index contributed by atoms with van der Waals surface area (Å²) in [6.45, 7) is -0.275. The van der Waals surface area contributed by atoms with Crippen LogP contribution in [-0.4, -0.2) is 25.7 Å². The zero-order valence-corrected chi connectivity index (χ0v) is 19.1. The van der Waals surface area contributed by atoms with Gasteiger partial charge in [0.25, 0.3) is 0 Å². The van der Waals surface area contributed by atoms with E-state index in [1.54, 1.807) is 48.5 Å². The molecule has 1 aliphatic rings. The van der Waals surface area contributed by atoms with Gasteiger partial charge in [-0.1, -0.05) is 29.8 Å². The molecule has 0 saturated carbocycles. The molecule has 1 aromatic heterocycles. The number of hydrogen-bond acceptors (Lipinski definition) is 6. The second-order valence-corrected chi connectivity index (χ2v) is 9.90. The van der Waals surface area contributed by atoms with Gasteiger partial charge in [0.2, 0.25) is 28.0 Å². The standard InChI is InChI=1S/C24H17ClN2O6S/c25-15-6-8-16(9-7-15)26-23(28)13-27-12-22(34(30,31)17-4-2-1-3-5-17)24(29)18-10-20-21(11-19(18)27)33-14-32-20/h1-12H,13-14H2,(H,26,28). The molecule has 34 heavy (non-hydrogen) atoms. The van der Waals surface area contributed by atoms with Crippen LogP contribution in [0.3, 0.4) is 0 Å². The van der Waals surface area contributed by atoms with Gasteiger partial charge >= 0.3 is 0 Å². The Kier molecular flexibility index (Phi) is 5.51. The third-order valence-corrected chi connectivity index (χ3v) is 7.34. The molecule has 0 saturated heterocycles. The predicted octanol–water partition coefficient (Wildman–Crippen LogP) is 3.86. The van der Waals surface area contributed by atoms with Gasteiger partial charge in [0, 0.05) is 23.0 Å². The summed E-state index contributed by atoms with van der Waals surface area (Å²) >= 11 is 5.89. The van der Waals surface area contributed by atoms with Crippen LogP contribution in [0.5, 0.6) is 11.5 Å². The van der Waals surface area contributed by atoms with Crippen LogP contribution >= 0.6 is 11.6 Å². The highest BCUT2D eigenvalue weighted by Gasteiger charge is 2.26. The molecular weight excluding hydrogens is 480 g/mol. The van der Waals surface area contributed by atoms with Gasteiger partial charge in [-0.3, -0.25) is 9.59 Å². The molecule has 2 heterocycles. The lowest BCUT2D eigenvalue weighted by Gasteiger charge is -2.15. The highest BCUT2D eigenvalue weighted by atomic mass is 35.5. The lowest BCUT2D eigenvalue weighted by atomic mass is 10.2. The number of carbonyl (C=O) groups is 1. The van der Waals surface area contributed by atoms with Crippen molar-refractivity contribution >= 4 is 43.9 Å². The highest BCUT2D eigenvalue weighted by molar-refractivity contribution is 7.91. The molecule has 0 aliphatic carbocycles. The fraction of sp³-hybridized carbons (Fsp3) is 0.0833. The number of sulfone groups is 1. The molecule has 5 rings (SSSR count). The summed E-state index contributed by atoms with van der Waals surface area (Å²) in [6.07, 6.45) is 1.19. The molecule has 0 bridgehead atoms. The minimum atomic E-state index is -4.15. The molecule has 0 unspecified atom stereocenters. The van der Waals surface area contributed by atoms with E-state index in [0.29, 0.717) is 27.7 Å². The van der Waals surface area contributed by atoms with Crippen molar-refractivity contribution in [3.8, 4) is 11.5 Å². The highest BCUT2D eigenvalue weighted by Crippen LogP contribution is 2.35. The molecule has 1 amide bonds. The average Bonchev–Trinajstić information content (AvgIpc) is 3.29. The number of anilines is 1. The maximum atomic E-state index is 13.3. The second-order valence-electron chi connectivity index (χ2n) is 7.54. The van der Waals surface area contributed by atoms with E-state index in [2.05, 4.69) is 5.32 Å². The first-order valence-electron chi connectivity index (χ1n) is 10.2. The van der Waals surface area contributed by atoms with Crippen molar-refractivity contribution in [2.24, 2.45) is 0 Å². The van der Waals surface area contributed by atoms with Crippen molar-refractivity contribution in [3.63, 3.8) is 0 Å². The van der Waals surface area contributed by atoms with Crippen LogP contribution in [-0.2, 0) is 21.2 Å². The first-order chi connectivity index (χ1) is 16.3. The van der Waals surface area contributed by atoms with Crippen LogP contribution < -0.4 is 20.2 Å². The number of fused-ring (bicyclic) bond motifs is 2. The first kappa shape index (κ1) is 22.0. The smallest absolute Gasteiger partial charge is 0.244 e. The molecule has 10 heteroatoms. The number of nitrogens with one attached hydrogen (secondary N) is 1. The van der Waals surface area contributed by atoms with Crippen molar-refractivity contribution in [2.75, 3.05) is 12.1 Å². The summed E-state index contributed by atoms with van der Waals surface area (Å²) in [7, 11) is -4.15. The minimum absolute atomic E-state index is 0.0218. The molecule has 0 fully saturated rings. The minimum Gasteiger partial charge on any atom is -0.454 e. The number of pyridine rings is 1. The molecule has 1 aliphatic heterocycles. The number of amides is 1. The Balaban J connectivity index is 1.64. The lowest BCUT2D eigenvalue weighted by Crippen LogP contribution is -2.24. The molecule has 1 N–H and O–H groups in total. The van der Waals surface area contributed by atoms with Gasteiger partial charge in [-0.25, -0.2) is 8.42 Å². The van der Waals surface area contributed by atoms with E-state index in [9.17, 15) is 18.0 Å². The van der Waals surface area contributed by atoms with E-state index in [1.165, 1.54) is 29.0 Å². The summed E-state index contributed by atoms with van der Waals surface area (Å²) in [5.74, 6) is 0.307. The maximum absolute atomic E-state index is 13.3. The van der Waals surface area contributed by atoms with Gasteiger partial charge in [-0.05, 0) is 42.5 Å². The Bertz CT molecular complexity index is 1580. The van der Waals surface area contributed by atoms with Crippen molar-refractivity contribution in [1.82, 2.24) is 4.57 Å². The fourth-order valence-corrected chi connectivity index (χ4v) is 5.21. The summed E-state index contributed by atoms with van der Waals surface area (Å²) in [4.78, 5) is 25.7. The maximum Gasteiger partial charge on any atom is 0.244 e. The number of benzene rings is 3. The van der Waals surface area contributed by atoms with E-state index in [1.807, 2.05) is 0 Å². The number of aromatic nitrogens is 1. The molecule has 4 aromatic rings. The molecule has 3 aromatic carbocycles. The Morgan fingerprint density at radius 1 is 1.00 bits per heavy atom. The van der Waals surface area contributed by atoms with Gasteiger partial charge < -0.3 is 19.4 Å². The van der Waals surface area contributed by atoms with Crippen molar-refractivity contribution in [1.29, 1.82) is 0 Å². The Labute approximate surface area is 199 Å². The monoisotopic (exact) mass is 496 g/mol. The van der Waals surface area contributed by atoms with Crippen molar-refractivity contribution in [3.05, 3.63) is 88.2 Å². The molecular formula is C24H17ClN2O6S. The third-order valence-electron chi connectivity index (χ3n) is 5.33. The molecule has 0 atom stereocenters.